The first kappa shape index (κ1) is 12.9. The molecule has 2 heteroatoms. The number of rotatable bonds is 6. The zero-order valence-corrected chi connectivity index (χ0v) is 9.78. The Morgan fingerprint density at radius 3 is 2.00 bits per heavy atom. The maximum absolute atomic E-state index is 9.19. The van der Waals surface area contributed by atoms with E-state index in [1.165, 1.54) is 0 Å². The molecule has 13 heavy (non-hydrogen) atoms. The minimum absolute atomic E-state index is 0.0208. The van der Waals surface area contributed by atoms with Gasteiger partial charge in [0.1, 0.15) is 0 Å². The number of nitrogens with one attached hydrogen (secondary N) is 1. The van der Waals surface area contributed by atoms with E-state index in [2.05, 4.69) is 39.9 Å². The van der Waals surface area contributed by atoms with Crippen LogP contribution in [0.4, 0.5) is 0 Å². The highest BCUT2D eigenvalue weighted by molar-refractivity contribution is 4.87. The van der Waals surface area contributed by atoms with Crippen LogP contribution in [0.3, 0.4) is 0 Å². The SMILES string of the molecule is CCNC(C)(CC)CC(C)(C)CO. The molecule has 2 N–H and O–H groups in total. The first-order valence-electron chi connectivity index (χ1n) is 5.25. The Balaban J connectivity index is 4.25. The summed E-state index contributed by atoms with van der Waals surface area (Å²) in [5.41, 5.74) is 0.188. The third kappa shape index (κ3) is 4.63. The quantitative estimate of drug-likeness (QED) is 0.668. The molecule has 1 unspecified atom stereocenters. The molecule has 80 valence electrons. The summed E-state index contributed by atoms with van der Waals surface area (Å²) in [5.74, 6) is 0. The van der Waals surface area contributed by atoms with Gasteiger partial charge in [0.2, 0.25) is 0 Å². The number of aliphatic hydroxyl groups excluding tert-OH is 1. The van der Waals surface area contributed by atoms with Crippen LogP contribution in [0.15, 0.2) is 0 Å². The van der Waals surface area contributed by atoms with E-state index in [9.17, 15) is 5.11 Å². The van der Waals surface area contributed by atoms with E-state index in [-0.39, 0.29) is 17.6 Å². The molecular weight excluding hydrogens is 162 g/mol. The molecule has 0 radical (unpaired) electrons. The summed E-state index contributed by atoms with van der Waals surface area (Å²) in [6.07, 6.45) is 2.12. The van der Waals surface area contributed by atoms with Gasteiger partial charge in [0.15, 0.2) is 0 Å². The van der Waals surface area contributed by atoms with Gasteiger partial charge < -0.3 is 10.4 Å². The standard InChI is InChI=1S/C11H25NO/c1-6-11(5,12-7-2)8-10(3,4)9-13/h12-13H,6-9H2,1-5H3. The van der Waals surface area contributed by atoms with Gasteiger partial charge in [-0.15, -0.1) is 0 Å². The number of hydrogen-bond acceptors (Lipinski definition) is 2. The topological polar surface area (TPSA) is 32.3 Å². The second-order valence-electron chi connectivity index (χ2n) is 4.94. The van der Waals surface area contributed by atoms with Crippen molar-refractivity contribution in [2.24, 2.45) is 5.41 Å². The Labute approximate surface area is 82.7 Å². The molecule has 2 nitrogen and oxygen atoms in total. The highest BCUT2D eigenvalue weighted by Gasteiger charge is 2.29. The van der Waals surface area contributed by atoms with Gasteiger partial charge in [0.05, 0.1) is 0 Å². The van der Waals surface area contributed by atoms with Crippen molar-refractivity contribution in [1.82, 2.24) is 5.32 Å². The summed E-state index contributed by atoms with van der Waals surface area (Å²) in [7, 11) is 0. The predicted octanol–water partition coefficient (Wildman–Crippen LogP) is 2.17. The maximum Gasteiger partial charge on any atom is 0.0482 e. The van der Waals surface area contributed by atoms with Crippen molar-refractivity contribution in [3.63, 3.8) is 0 Å². The summed E-state index contributed by atoms with van der Waals surface area (Å²) in [4.78, 5) is 0. The molecule has 0 bridgehead atoms. The summed E-state index contributed by atoms with van der Waals surface area (Å²) in [6.45, 7) is 12.0. The summed E-state index contributed by atoms with van der Waals surface area (Å²) >= 11 is 0. The Kier molecular flexibility index (Phi) is 4.93. The van der Waals surface area contributed by atoms with Gasteiger partial charge in [0.25, 0.3) is 0 Å². The van der Waals surface area contributed by atoms with Crippen molar-refractivity contribution in [3.8, 4) is 0 Å². The van der Waals surface area contributed by atoms with E-state index in [0.29, 0.717) is 0 Å². The number of hydrogen-bond donors (Lipinski definition) is 2. The highest BCUT2D eigenvalue weighted by atomic mass is 16.3. The lowest BCUT2D eigenvalue weighted by Gasteiger charge is -2.36. The van der Waals surface area contributed by atoms with Crippen molar-refractivity contribution in [3.05, 3.63) is 0 Å². The van der Waals surface area contributed by atoms with E-state index < -0.39 is 0 Å². The molecule has 0 spiro atoms. The number of aliphatic hydroxyl groups is 1. The summed E-state index contributed by atoms with van der Waals surface area (Å²) in [5, 5.41) is 12.7. The minimum Gasteiger partial charge on any atom is -0.396 e. The molecule has 0 saturated carbocycles. The lowest BCUT2D eigenvalue weighted by Crippen LogP contribution is -2.45. The van der Waals surface area contributed by atoms with Crippen LogP contribution in [0, 0.1) is 5.41 Å². The van der Waals surface area contributed by atoms with Crippen LogP contribution in [0.5, 0.6) is 0 Å². The molecule has 0 saturated heterocycles. The molecule has 0 aliphatic rings. The highest BCUT2D eigenvalue weighted by Crippen LogP contribution is 2.29. The van der Waals surface area contributed by atoms with Crippen molar-refractivity contribution < 1.29 is 5.11 Å². The van der Waals surface area contributed by atoms with Gasteiger partial charge in [-0.2, -0.15) is 0 Å². The molecule has 0 aliphatic heterocycles. The fourth-order valence-corrected chi connectivity index (χ4v) is 1.85. The van der Waals surface area contributed by atoms with Crippen molar-refractivity contribution >= 4 is 0 Å². The fourth-order valence-electron chi connectivity index (χ4n) is 1.85. The first-order valence-corrected chi connectivity index (χ1v) is 5.25. The van der Waals surface area contributed by atoms with Crippen LogP contribution >= 0.6 is 0 Å². The van der Waals surface area contributed by atoms with Gasteiger partial charge in [-0.05, 0) is 31.7 Å². The Morgan fingerprint density at radius 1 is 1.15 bits per heavy atom. The van der Waals surface area contributed by atoms with Crippen LogP contribution in [-0.4, -0.2) is 23.8 Å². The average molecular weight is 187 g/mol. The molecule has 0 aliphatic carbocycles. The molecule has 0 fully saturated rings. The normalized spacial score (nSPS) is 17.1. The third-order valence-electron chi connectivity index (χ3n) is 2.68. The van der Waals surface area contributed by atoms with Gasteiger partial charge in [-0.1, -0.05) is 27.7 Å². The Bertz CT molecular complexity index is 145. The minimum atomic E-state index is 0.0208. The predicted molar refractivity (Wildman–Crippen MR) is 57.9 cm³/mol. The smallest absolute Gasteiger partial charge is 0.0482 e. The van der Waals surface area contributed by atoms with Crippen LogP contribution in [0.25, 0.3) is 0 Å². The van der Waals surface area contributed by atoms with Crippen molar-refractivity contribution in [1.29, 1.82) is 0 Å². The largest absolute Gasteiger partial charge is 0.396 e. The molecular formula is C11H25NO. The Hall–Kier alpha value is -0.0800. The van der Waals surface area contributed by atoms with Gasteiger partial charge in [0, 0.05) is 12.1 Å². The van der Waals surface area contributed by atoms with Gasteiger partial charge in [-0.3, -0.25) is 0 Å². The van der Waals surface area contributed by atoms with Crippen LogP contribution in [-0.2, 0) is 0 Å². The molecule has 0 rings (SSSR count). The molecule has 0 heterocycles. The van der Waals surface area contributed by atoms with Gasteiger partial charge >= 0.3 is 0 Å². The van der Waals surface area contributed by atoms with E-state index in [0.717, 1.165) is 19.4 Å². The monoisotopic (exact) mass is 187 g/mol. The van der Waals surface area contributed by atoms with Crippen LogP contribution < -0.4 is 5.32 Å². The van der Waals surface area contributed by atoms with Crippen LogP contribution in [0.2, 0.25) is 0 Å². The van der Waals surface area contributed by atoms with E-state index >= 15 is 0 Å². The Morgan fingerprint density at radius 2 is 1.69 bits per heavy atom. The molecule has 0 aromatic carbocycles. The van der Waals surface area contributed by atoms with Gasteiger partial charge in [-0.25, -0.2) is 0 Å². The van der Waals surface area contributed by atoms with E-state index in [4.69, 9.17) is 0 Å². The summed E-state index contributed by atoms with van der Waals surface area (Å²) < 4.78 is 0. The van der Waals surface area contributed by atoms with Crippen molar-refractivity contribution in [2.75, 3.05) is 13.2 Å². The second kappa shape index (κ2) is 4.97. The summed E-state index contributed by atoms with van der Waals surface area (Å²) in [6, 6.07) is 0. The molecule has 0 aromatic heterocycles. The van der Waals surface area contributed by atoms with Crippen molar-refractivity contribution in [2.45, 2.75) is 53.0 Å². The van der Waals surface area contributed by atoms with E-state index in [1.54, 1.807) is 0 Å². The second-order valence-corrected chi connectivity index (χ2v) is 4.94. The molecule has 1 atom stereocenters. The fraction of sp³-hybridized carbons (Fsp3) is 1.00. The lowest BCUT2D eigenvalue weighted by atomic mass is 9.78. The first-order chi connectivity index (χ1) is 5.89. The zero-order chi connectivity index (χ0) is 10.5. The maximum atomic E-state index is 9.19. The van der Waals surface area contributed by atoms with E-state index in [1.807, 2.05) is 0 Å². The van der Waals surface area contributed by atoms with Crippen LogP contribution in [0.1, 0.15) is 47.5 Å². The lowest BCUT2D eigenvalue weighted by molar-refractivity contribution is 0.111. The third-order valence-corrected chi connectivity index (χ3v) is 2.68. The molecule has 0 aromatic rings. The average Bonchev–Trinajstić information content (AvgIpc) is 2.04. The molecule has 0 amide bonds. The zero-order valence-electron chi connectivity index (χ0n) is 9.78.